The van der Waals surface area contributed by atoms with E-state index in [1.807, 2.05) is 9.47 Å². The Labute approximate surface area is 95.4 Å². The first-order valence-corrected chi connectivity index (χ1v) is 3.57. The number of ether oxygens (including phenoxy) is 3. The Morgan fingerprint density at radius 1 is 0.684 bits per heavy atom. The van der Waals surface area contributed by atoms with Crippen LogP contribution in [0.5, 0.6) is 0 Å². The Balaban J connectivity index is 4.82. The summed E-state index contributed by atoms with van der Waals surface area (Å²) in [5, 5.41) is 0. The molecule has 0 spiro atoms. The van der Waals surface area contributed by atoms with Crippen molar-refractivity contribution in [1.82, 2.24) is 0 Å². The minimum Gasteiger partial charge on any atom is -0.251 e. The molecule has 0 aliphatic heterocycles. The molecule has 0 aliphatic carbocycles. The molecule has 0 aromatic carbocycles. The molecule has 0 atom stereocenters. The van der Waals surface area contributed by atoms with Gasteiger partial charge < -0.3 is 0 Å². The van der Waals surface area contributed by atoms with Crippen molar-refractivity contribution in [3.05, 3.63) is 0 Å². The summed E-state index contributed by atoms with van der Waals surface area (Å²) in [7, 11) is 0. The molecule has 4 nitrogen and oxygen atoms in total. The van der Waals surface area contributed by atoms with Crippen LogP contribution in [-0.2, 0) is 19.0 Å². The van der Waals surface area contributed by atoms with E-state index >= 15 is 0 Å². The standard InChI is InChI=1S/C5F10O4/c6-1(16)2(7,8)17-4(12,13)19-5(14,15)18-3(9,10)11. The van der Waals surface area contributed by atoms with Crippen LogP contribution in [0.25, 0.3) is 0 Å². The fourth-order valence-electron chi connectivity index (χ4n) is 0.504. The molecule has 0 N–H and O–H groups in total. The van der Waals surface area contributed by atoms with Gasteiger partial charge in [0.2, 0.25) is 0 Å². The van der Waals surface area contributed by atoms with Crippen LogP contribution in [0.4, 0.5) is 43.9 Å². The molecule has 0 unspecified atom stereocenters. The Kier molecular flexibility index (Phi) is 4.78. The summed E-state index contributed by atoms with van der Waals surface area (Å²) in [5.41, 5.74) is 0. The topological polar surface area (TPSA) is 44.8 Å². The number of alkyl halides is 9. The zero-order valence-electron chi connectivity index (χ0n) is 7.91. The van der Waals surface area contributed by atoms with Gasteiger partial charge in [-0.15, -0.1) is 30.7 Å². The van der Waals surface area contributed by atoms with Crippen LogP contribution in [0.15, 0.2) is 0 Å². The van der Waals surface area contributed by atoms with Crippen molar-refractivity contribution in [3.63, 3.8) is 0 Å². The zero-order valence-corrected chi connectivity index (χ0v) is 7.91. The molecule has 0 rings (SSSR count). The fourth-order valence-corrected chi connectivity index (χ4v) is 0.504. The third kappa shape index (κ3) is 7.12. The molecule has 19 heavy (non-hydrogen) atoms. The Bertz CT molecular complexity index is 335. The molecule has 0 aromatic rings. The molecule has 0 amide bonds. The van der Waals surface area contributed by atoms with Gasteiger partial charge in [0.25, 0.3) is 0 Å². The van der Waals surface area contributed by atoms with Crippen molar-refractivity contribution >= 4 is 6.04 Å². The first kappa shape index (κ1) is 17.9. The Morgan fingerprint density at radius 2 is 1.05 bits per heavy atom. The third-order valence-electron chi connectivity index (χ3n) is 0.948. The van der Waals surface area contributed by atoms with E-state index in [1.165, 1.54) is 0 Å². The molecule has 0 aliphatic rings. The van der Waals surface area contributed by atoms with E-state index in [1.54, 1.807) is 4.74 Å². The summed E-state index contributed by atoms with van der Waals surface area (Å²) in [6, 6.07) is -3.82. The lowest BCUT2D eigenvalue weighted by molar-refractivity contribution is -0.580. The zero-order chi connectivity index (χ0) is 15.7. The van der Waals surface area contributed by atoms with Gasteiger partial charge in [-0.3, -0.25) is 4.79 Å². The largest absolute Gasteiger partial charge is 0.529 e. The van der Waals surface area contributed by atoms with Gasteiger partial charge in [0, 0.05) is 0 Å². The van der Waals surface area contributed by atoms with E-state index in [0.717, 1.165) is 0 Å². The lowest BCUT2D eigenvalue weighted by Gasteiger charge is -2.24. The number of hydrogen-bond donors (Lipinski definition) is 0. The number of hydrogen-bond acceptors (Lipinski definition) is 4. The molecule has 14 heteroatoms. The van der Waals surface area contributed by atoms with E-state index < -0.39 is 31.1 Å². The minimum absolute atomic E-state index is 1.70. The highest BCUT2D eigenvalue weighted by Gasteiger charge is 2.59. The smallest absolute Gasteiger partial charge is 0.251 e. The van der Waals surface area contributed by atoms with Crippen molar-refractivity contribution < 1.29 is 62.9 Å². The maximum Gasteiger partial charge on any atom is 0.529 e. The molecule has 114 valence electrons. The molecule has 0 fully saturated rings. The van der Waals surface area contributed by atoms with Crippen molar-refractivity contribution in [3.8, 4) is 0 Å². The lowest BCUT2D eigenvalue weighted by atomic mass is 10.7. The summed E-state index contributed by atoms with van der Waals surface area (Å²) < 4.78 is 123. The van der Waals surface area contributed by atoms with Gasteiger partial charge in [0.05, 0.1) is 0 Å². The van der Waals surface area contributed by atoms with Gasteiger partial charge in [-0.1, -0.05) is 0 Å². The van der Waals surface area contributed by atoms with E-state index in [9.17, 15) is 48.7 Å². The Hall–Kier alpha value is -1.15. The average molecular weight is 314 g/mol. The van der Waals surface area contributed by atoms with Crippen molar-refractivity contribution in [2.75, 3.05) is 0 Å². The number of rotatable bonds is 6. The first-order chi connectivity index (χ1) is 8.06. The minimum atomic E-state index is -6.17. The summed E-state index contributed by atoms with van der Waals surface area (Å²) in [5.74, 6) is 0. The molecular formula is C5F10O4. The first-order valence-electron chi connectivity index (χ1n) is 3.57. The van der Waals surface area contributed by atoms with Gasteiger partial charge in [0.1, 0.15) is 0 Å². The highest BCUT2D eigenvalue weighted by Crippen LogP contribution is 2.37. The molecule has 0 bridgehead atoms. The molecule has 0 radical (unpaired) electrons. The van der Waals surface area contributed by atoms with E-state index in [0.29, 0.717) is 0 Å². The van der Waals surface area contributed by atoms with E-state index in [-0.39, 0.29) is 0 Å². The van der Waals surface area contributed by atoms with Crippen LogP contribution < -0.4 is 0 Å². The van der Waals surface area contributed by atoms with Crippen molar-refractivity contribution in [1.29, 1.82) is 0 Å². The molecule has 0 aromatic heterocycles. The second-order valence-electron chi connectivity index (χ2n) is 2.47. The molecular weight excluding hydrogens is 314 g/mol. The SMILES string of the molecule is O=C(F)C(F)(F)OC(F)(F)OC(F)(F)OC(F)(F)F. The van der Waals surface area contributed by atoms with E-state index in [2.05, 4.69) is 0 Å². The summed E-state index contributed by atoms with van der Waals surface area (Å²) in [6.07, 6.45) is -24.4. The highest BCUT2D eigenvalue weighted by molar-refractivity contribution is 5.74. The summed E-state index contributed by atoms with van der Waals surface area (Å²) in [4.78, 5) is 9.41. The van der Waals surface area contributed by atoms with Crippen LogP contribution in [0.1, 0.15) is 0 Å². The van der Waals surface area contributed by atoms with Crippen LogP contribution in [0, 0.1) is 0 Å². The quantitative estimate of drug-likeness (QED) is 0.430. The van der Waals surface area contributed by atoms with Crippen LogP contribution >= 0.6 is 0 Å². The van der Waals surface area contributed by atoms with Crippen LogP contribution in [-0.4, -0.2) is 31.1 Å². The van der Waals surface area contributed by atoms with E-state index in [4.69, 9.17) is 0 Å². The number of carbonyl (C=O) groups is 1. The van der Waals surface area contributed by atoms with Gasteiger partial charge in [0.15, 0.2) is 0 Å². The predicted octanol–water partition coefficient (Wildman–Crippen LogP) is 2.75. The Morgan fingerprint density at radius 3 is 1.37 bits per heavy atom. The summed E-state index contributed by atoms with van der Waals surface area (Å²) >= 11 is 0. The maximum absolute atomic E-state index is 12.2. The molecule has 0 saturated carbocycles. The highest BCUT2D eigenvalue weighted by atomic mass is 19.4. The second kappa shape index (κ2) is 5.09. The third-order valence-corrected chi connectivity index (χ3v) is 0.948. The van der Waals surface area contributed by atoms with Crippen molar-refractivity contribution in [2.24, 2.45) is 0 Å². The molecule has 0 heterocycles. The van der Waals surface area contributed by atoms with Gasteiger partial charge in [-0.2, -0.15) is 17.9 Å². The van der Waals surface area contributed by atoms with Gasteiger partial charge in [-0.05, 0) is 0 Å². The second-order valence-corrected chi connectivity index (χ2v) is 2.47. The van der Waals surface area contributed by atoms with Crippen LogP contribution in [0.3, 0.4) is 0 Å². The van der Waals surface area contributed by atoms with Crippen molar-refractivity contribution in [2.45, 2.75) is 25.1 Å². The summed E-state index contributed by atoms with van der Waals surface area (Å²) in [6.45, 7) is 0. The van der Waals surface area contributed by atoms with Gasteiger partial charge in [-0.25, -0.2) is 9.47 Å². The normalized spacial score (nSPS) is 14.6. The fraction of sp³-hybridized carbons (Fsp3) is 0.800. The van der Waals surface area contributed by atoms with Gasteiger partial charge >= 0.3 is 31.1 Å². The predicted molar refractivity (Wildman–Crippen MR) is 30.3 cm³/mol. The molecule has 0 saturated heterocycles. The average Bonchev–Trinajstić information content (AvgIpc) is 1.91. The number of carbonyl (C=O) groups excluding carboxylic acids is 1. The maximum atomic E-state index is 12.2. The monoisotopic (exact) mass is 314 g/mol. The number of halogens is 10. The lowest BCUT2D eigenvalue weighted by Crippen LogP contribution is -2.45. The van der Waals surface area contributed by atoms with Crippen LogP contribution in [0.2, 0.25) is 0 Å².